The minimum absolute atomic E-state index is 0.584. The van der Waals surface area contributed by atoms with E-state index in [0.29, 0.717) is 5.56 Å². The van der Waals surface area contributed by atoms with Gasteiger partial charge in [0.25, 0.3) is 0 Å². The normalized spacial score (nSPS) is 10.6. The maximum atomic E-state index is 10.7. The lowest BCUT2D eigenvalue weighted by Gasteiger charge is -1.97. The summed E-state index contributed by atoms with van der Waals surface area (Å²) in [5.41, 5.74) is 3.56. The summed E-state index contributed by atoms with van der Waals surface area (Å²) >= 11 is 0. The molecule has 3 aromatic rings. The van der Waals surface area contributed by atoms with E-state index in [9.17, 15) is 4.79 Å². The first-order chi connectivity index (χ1) is 8.36. The molecule has 1 N–H and O–H groups in total. The van der Waals surface area contributed by atoms with E-state index < -0.39 is 0 Å². The Bertz CT molecular complexity index is 652. The number of aldehydes is 1. The fraction of sp³-hybridized carbons (Fsp3) is 0. The SMILES string of the molecule is O=Cc1cncc(-c2cc3ccccc3[nH]2)c1. The molecule has 0 atom stereocenters. The van der Waals surface area contributed by atoms with Crippen LogP contribution in [0, 0.1) is 0 Å². The molecule has 0 radical (unpaired) electrons. The maximum Gasteiger partial charge on any atom is 0.151 e. The number of nitrogens with zero attached hydrogens (tertiary/aromatic N) is 1. The Morgan fingerprint density at radius 1 is 1.12 bits per heavy atom. The number of carbonyl (C=O) groups excluding carboxylic acids is 1. The van der Waals surface area contributed by atoms with Gasteiger partial charge < -0.3 is 4.98 Å². The first-order valence-corrected chi connectivity index (χ1v) is 5.35. The second-order valence-electron chi connectivity index (χ2n) is 3.90. The third-order valence-corrected chi connectivity index (χ3v) is 2.74. The number of hydrogen-bond acceptors (Lipinski definition) is 2. The van der Waals surface area contributed by atoms with Gasteiger partial charge in [-0.15, -0.1) is 0 Å². The van der Waals surface area contributed by atoms with E-state index in [-0.39, 0.29) is 0 Å². The first-order valence-electron chi connectivity index (χ1n) is 5.35. The van der Waals surface area contributed by atoms with Crippen LogP contribution in [0.3, 0.4) is 0 Å². The Hall–Kier alpha value is -2.42. The average molecular weight is 222 g/mol. The zero-order chi connectivity index (χ0) is 11.7. The van der Waals surface area contributed by atoms with Gasteiger partial charge in [0.05, 0.1) is 0 Å². The van der Waals surface area contributed by atoms with Gasteiger partial charge in [-0.3, -0.25) is 9.78 Å². The Morgan fingerprint density at radius 2 is 2.00 bits per heavy atom. The van der Waals surface area contributed by atoms with E-state index in [1.54, 1.807) is 12.4 Å². The fourth-order valence-electron chi connectivity index (χ4n) is 1.90. The number of benzene rings is 1. The van der Waals surface area contributed by atoms with E-state index in [1.807, 2.05) is 30.3 Å². The minimum atomic E-state index is 0.584. The largest absolute Gasteiger partial charge is 0.354 e. The van der Waals surface area contributed by atoms with Crippen molar-refractivity contribution in [1.29, 1.82) is 0 Å². The van der Waals surface area contributed by atoms with Crippen LogP contribution in [0.2, 0.25) is 0 Å². The summed E-state index contributed by atoms with van der Waals surface area (Å²) in [7, 11) is 0. The quantitative estimate of drug-likeness (QED) is 0.677. The molecular formula is C14H10N2O. The molecule has 1 aromatic carbocycles. The van der Waals surface area contributed by atoms with Gasteiger partial charge in [-0.1, -0.05) is 18.2 Å². The lowest BCUT2D eigenvalue weighted by Crippen LogP contribution is -1.85. The molecule has 0 amide bonds. The highest BCUT2D eigenvalue weighted by Gasteiger charge is 2.03. The number of aromatic amines is 1. The van der Waals surface area contributed by atoms with E-state index in [1.165, 1.54) is 0 Å². The summed E-state index contributed by atoms with van der Waals surface area (Å²) in [6.45, 7) is 0. The molecule has 0 spiro atoms. The van der Waals surface area contributed by atoms with Crippen LogP contribution in [0.5, 0.6) is 0 Å². The van der Waals surface area contributed by atoms with Crippen molar-refractivity contribution in [2.24, 2.45) is 0 Å². The third-order valence-electron chi connectivity index (χ3n) is 2.74. The monoisotopic (exact) mass is 222 g/mol. The number of fused-ring (bicyclic) bond motifs is 1. The molecule has 3 heteroatoms. The van der Waals surface area contributed by atoms with Crippen LogP contribution in [0.1, 0.15) is 10.4 Å². The summed E-state index contributed by atoms with van der Waals surface area (Å²) in [5.74, 6) is 0. The third kappa shape index (κ3) is 1.72. The molecule has 3 nitrogen and oxygen atoms in total. The van der Waals surface area contributed by atoms with Gasteiger partial charge in [0.2, 0.25) is 0 Å². The molecule has 0 fully saturated rings. The first kappa shape index (κ1) is 9.78. The summed E-state index contributed by atoms with van der Waals surface area (Å²) in [6.07, 6.45) is 4.11. The zero-order valence-corrected chi connectivity index (χ0v) is 9.05. The number of nitrogens with one attached hydrogen (secondary N) is 1. The van der Waals surface area contributed by atoms with Crippen LogP contribution >= 0.6 is 0 Å². The predicted octanol–water partition coefficient (Wildman–Crippen LogP) is 3.04. The van der Waals surface area contributed by atoms with Crippen molar-refractivity contribution in [3.63, 3.8) is 0 Å². The molecule has 2 aromatic heterocycles. The van der Waals surface area contributed by atoms with E-state index >= 15 is 0 Å². The Morgan fingerprint density at radius 3 is 2.82 bits per heavy atom. The highest BCUT2D eigenvalue weighted by molar-refractivity contribution is 5.86. The van der Waals surface area contributed by atoms with Crippen molar-refractivity contribution in [2.45, 2.75) is 0 Å². The number of carbonyl (C=O) groups is 1. The number of pyridine rings is 1. The number of para-hydroxylation sites is 1. The van der Waals surface area contributed by atoms with Crippen molar-refractivity contribution < 1.29 is 4.79 Å². The topological polar surface area (TPSA) is 45.8 Å². The summed E-state index contributed by atoms with van der Waals surface area (Å²) in [6, 6.07) is 11.9. The Balaban J connectivity index is 2.16. The molecule has 0 aliphatic heterocycles. The molecule has 0 saturated carbocycles. The molecule has 3 rings (SSSR count). The standard InChI is InChI=1S/C14H10N2O/c17-9-10-5-12(8-15-7-10)14-6-11-3-1-2-4-13(11)16-14/h1-9,16H. The van der Waals surface area contributed by atoms with Crippen LogP contribution < -0.4 is 0 Å². The second kappa shape index (κ2) is 3.87. The van der Waals surface area contributed by atoms with Crippen LogP contribution in [-0.4, -0.2) is 16.3 Å². The molecule has 0 aliphatic rings. The summed E-state index contributed by atoms with van der Waals surface area (Å²) < 4.78 is 0. The summed E-state index contributed by atoms with van der Waals surface area (Å²) in [5, 5.41) is 1.15. The predicted molar refractivity (Wildman–Crippen MR) is 66.9 cm³/mol. The van der Waals surface area contributed by atoms with Crippen LogP contribution in [0.25, 0.3) is 22.2 Å². The maximum absolute atomic E-state index is 10.7. The lowest BCUT2D eigenvalue weighted by atomic mass is 10.1. The van der Waals surface area contributed by atoms with E-state index in [0.717, 1.165) is 28.4 Å². The van der Waals surface area contributed by atoms with Gasteiger partial charge >= 0.3 is 0 Å². The van der Waals surface area contributed by atoms with Crippen LogP contribution in [-0.2, 0) is 0 Å². The highest BCUT2D eigenvalue weighted by Crippen LogP contribution is 2.23. The lowest BCUT2D eigenvalue weighted by molar-refractivity contribution is 0.112. The van der Waals surface area contributed by atoms with Crippen LogP contribution in [0.4, 0.5) is 0 Å². The Labute approximate surface area is 98.1 Å². The Kier molecular flexibility index (Phi) is 2.22. The molecule has 2 heterocycles. The molecule has 17 heavy (non-hydrogen) atoms. The van der Waals surface area contributed by atoms with Crippen LogP contribution in [0.15, 0.2) is 48.8 Å². The van der Waals surface area contributed by atoms with Gasteiger partial charge in [-0.05, 0) is 18.2 Å². The van der Waals surface area contributed by atoms with Crippen molar-refractivity contribution in [3.05, 3.63) is 54.4 Å². The van der Waals surface area contributed by atoms with E-state index in [2.05, 4.69) is 16.0 Å². The average Bonchev–Trinajstić information content (AvgIpc) is 2.82. The second-order valence-corrected chi connectivity index (χ2v) is 3.90. The molecule has 0 bridgehead atoms. The molecule has 82 valence electrons. The van der Waals surface area contributed by atoms with E-state index in [4.69, 9.17) is 0 Å². The number of aromatic nitrogens is 2. The zero-order valence-electron chi connectivity index (χ0n) is 9.05. The number of H-pyrrole nitrogens is 1. The van der Waals surface area contributed by atoms with Crippen molar-refractivity contribution in [1.82, 2.24) is 9.97 Å². The fourth-order valence-corrected chi connectivity index (χ4v) is 1.90. The molecule has 0 saturated heterocycles. The van der Waals surface area contributed by atoms with Gasteiger partial charge in [0.1, 0.15) is 0 Å². The van der Waals surface area contributed by atoms with Crippen molar-refractivity contribution >= 4 is 17.2 Å². The molecule has 0 aliphatic carbocycles. The van der Waals surface area contributed by atoms with Gasteiger partial charge in [-0.2, -0.15) is 0 Å². The van der Waals surface area contributed by atoms with Crippen molar-refractivity contribution in [3.8, 4) is 11.3 Å². The minimum Gasteiger partial charge on any atom is -0.354 e. The highest BCUT2D eigenvalue weighted by atomic mass is 16.1. The molecular weight excluding hydrogens is 212 g/mol. The van der Waals surface area contributed by atoms with Gasteiger partial charge in [0, 0.05) is 40.1 Å². The van der Waals surface area contributed by atoms with Crippen molar-refractivity contribution in [2.75, 3.05) is 0 Å². The van der Waals surface area contributed by atoms with Gasteiger partial charge in [0.15, 0.2) is 6.29 Å². The number of rotatable bonds is 2. The van der Waals surface area contributed by atoms with Gasteiger partial charge in [-0.25, -0.2) is 0 Å². The summed E-state index contributed by atoms with van der Waals surface area (Å²) in [4.78, 5) is 18.1. The number of hydrogen-bond donors (Lipinski definition) is 1. The smallest absolute Gasteiger partial charge is 0.151 e. The molecule has 0 unspecified atom stereocenters.